The molecular formula is C7H8N4. The molecule has 4 heteroatoms. The fraction of sp³-hybridized carbons (Fsp3) is 0.286. The molecule has 11 heavy (non-hydrogen) atoms. The van der Waals surface area contributed by atoms with Crippen LogP contribution in [0.4, 0.5) is 0 Å². The third-order valence-corrected chi connectivity index (χ3v) is 1.68. The molecule has 0 spiro atoms. The number of hydrogen-bond acceptors (Lipinski definition) is 3. The number of allylic oxidation sites excluding steroid dienone is 2. The van der Waals surface area contributed by atoms with Crippen LogP contribution in [0, 0.1) is 5.41 Å². The first kappa shape index (κ1) is 6.27. The molecule has 0 saturated carbocycles. The Morgan fingerprint density at radius 3 is 3.27 bits per heavy atom. The Morgan fingerprint density at radius 2 is 2.36 bits per heavy atom. The van der Waals surface area contributed by atoms with E-state index in [0.29, 0.717) is 18.0 Å². The predicted octanol–water partition coefficient (Wildman–Crippen LogP) is 0.606. The van der Waals surface area contributed by atoms with Gasteiger partial charge in [0.05, 0.1) is 5.71 Å². The first-order valence-corrected chi connectivity index (χ1v) is 3.48. The summed E-state index contributed by atoms with van der Waals surface area (Å²) >= 11 is 0. The zero-order valence-corrected chi connectivity index (χ0v) is 5.99. The van der Waals surface area contributed by atoms with Crippen molar-refractivity contribution < 1.29 is 0 Å². The van der Waals surface area contributed by atoms with Crippen molar-refractivity contribution in [1.82, 2.24) is 14.8 Å². The maximum Gasteiger partial charge on any atom is 0.178 e. The van der Waals surface area contributed by atoms with Crippen molar-refractivity contribution >= 4 is 5.71 Å². The van der Waals surface area contributed by atoms with Gasteiger partial charge in [-0.05, 0) is 0 Å². The summed E-state index contributed by atoms with van der Waals surface area (Å²) < 4.78 is 1.87. The third-order valence-electron chi connectivity index (χ3n) is 1.68. The number of nitrogens with zero attached hydrogens (tertiary/aromatic N) is 3. The van der Waals surface area contributed by atoms with Gasteiger partial charge in [-0.25, -0.2) is 0 Å². The minimum Gasteiger partial charge on any atom is -0.309 e. The van der Waals surface area contributed by atoms with Crippen molar-refractivity contribution in [2.45, 2.75) is 13.0 Å². The van der Waals surface area contributed by atoms with Crippen molar-refractivity contribution in [3.8, 4) is 0 Å². The van der Waals surface area contributed by atoms with E-state index < -0.39 is 0 Å². The Kier molecular flexibility index (Phi) is 1.31. The van der Waals surface area contributed by atoms with Crippen LogP contribution in [0.25, 0.3) is 0 Å². The number of aromatic nitrogens is 3. The van der Waals surface area contributed by atoms with E-state index in [1.54, 1.807) is 6.33 Å². The largest absolute Gasteiger partial charge is 0.309 e. The minimum atomic E-state index is 0.538. The van der Waals surface area contributed by atoms with Crippen molar-refractivity contribution in [2.24, 2.45) is 0 Å². The monoisotopic (exact) mass is 148 g/mol. The number of hydrogen-bond donors (Lipinski definition) is 1. The van der Waals surface area contributed by atoms with Gasteiger partial charge in [0.25, 0.3) is 0 Å². The SMILES string of the molecule is N=C1CC=CCn2cnnc21. The summed E-state index contributed by atoms with van der Waals surface area (Å²) in [6.45, 7) is 0.782. The molecule has 0 saturated heterocycles. The summed E-state index contributed by atoms with van der Waals surface area (Å²) in [6, 6.07) is 0. The minimum absolute atomic E-state index is 0.538. The normalized spacial score (nSPS) is 16.2. The quantitative estimate of drug-likeness (QED) is 0.548. The fourth-order valence-electron chi connectivity index (χ4n) is 1.10. The summed E-state index contributed by atoms with van der Waals surface area (Å²) in [5.74, 6) is 0.690. The van der Waals surface area contributed by atoms with Gasteiger partial charge < -0.3 is 9.98 Å². The predicted molar refractivity (Wildman–Crippen MR) is 40.6 cm³/mol. The Labute approximate surface area is 64.1 Å². The lowest BCUT2D eigenvalue weighted by molar-refractivity contribution is 0.810. The van der Waals surface area contributed by atoms with Crippen molar-refractivity contribution in [2.75, 3.05) is 0 Å². The van der Waals surface area contributed by atoms with Gasteiger partial charge in [0, 0.05) is 13.0 Å². The average molecular weight is 148 g/mol. The summed E-state index contributed by atoms with van der Waals surface area (Å²) in [5.41, 5.74) is 0.538. The Bertz CT molecular complexity index is 310. The van der Waals surface area contributed by atoms with Gasteiger partial charge in [0.2, 0.25) is 0 Å². The smallest absolute Gasteiger partial charge is 0.178 e. The second-order valence-electron chi connectivity index (χ2n) is 2.46. The van der Waals surface area contributed by atoms with E-state index in [1.807, 2.05) is 16.7 Å². The molecule has 56 valence electrons. The molecule has 0 atom stereocenters. The molecular weight excluding hydrogens is 140 g/mol. The van der Waals surface area contributed by atoms with Gasteiger partial charge in [-0.2, -0.15) is 0 Å². The lowest BCUT2D eigenvalue weighted by atomic mass is 10.2. The van der Waals surface area contributed by atoms with Crippen LogP contribution in [0.15, 0.2) is 18.5 Å². The molecule has 0 radical (unpaired) electrons. The van der Waals surface area contributed by atoms with Crippen LogP contribution in [0.2, 0.25) is 0 Å². The maximum atomic E-state index is 7.55. The van der Waals surface area contributed by atoms with Gasteiger partial charge in [-0.3, -0.25) is 0 Å². The zero-order valence-electron chi connectivity index (χ0n) is 5.99. The summed E-state index contributed by atoms with van der Waals surface area (Å²) in [4.78, 5) is 0. The summed E-state index contributed by atoms with van der Waals surface area (Å²) in [6.07, 6.45) is 6.32. The van der Waals surface area contributed by atoms with Crippen LogP contribution >= 0.6 is 0 Å². The van der Waals surface area contributed by atoms with Crippen molar-refractivity contribution in [3.63, 3.8) is 0 Å². The molecule has 0 unspecified atom stereocenters. The zero-order chi connectivity index (χ0) is 7.68. The van der Waals surface area contributed by atoms with Gasteiger partial charge in [0.15, 0.2) is 5.82 Å². The Hall–Kier alpha value is -1.45. The lowest BCUT2D eigenvalue weighted by Gasteiger charge is -1.97. The van der Waals surface area contributed by atoms with Crippen LogP contribution in [-0.2, 0) is 6.54 Å². The van der Waals surface area contributed by atoms with E-state index in [0.717, 1.165) is 6.54 Å². The molecule has 0 bridgehead atoms. The second kappa shape index (κ2) is 2.30. The van der Waals surface area contributed by atoms with Crippen LogP contribution in [0.3, 0.4) is 0 Å². The average Bonchev–Trinajstić information content (AvgIpc) is 2.40. The van der Waals surface area contributed by atoms with Crippen LogP contribution in [0.1, 0.15) is 12.2 Å². The molecule has 4 nitrogen and oxygen atoms in total. The van der Waals surface area contributed by atoms with E-state index in [1.165, 1.54) is 0 Å². The van der Waals surface area contributed by atoms with Crippen LogP contribution < -0.4 is 0 Å². The standard InChI is InChI=1S/C7H8N4/c8-6-3-1-2-4-11-5-9-10-7(6)11/h1-2,5,8H,3-4H2. The van der Waals surface area contributed by atoms with E-state index >= 15 is 0 Å². The molecule has 0 aliphatic carbocycles. The highest BCUT2D eigenvalue weighted by molar-refractivity contribution is 5.96. The number of fused-ring (bicyclic) bond motifs is 1. The molecule has 1 aromatic heterocycles. The van der Waals surface area contributed by atoms with Gasteiger partial charge >= 0.3 is 0 Å². The van der Waals surface area contributed by atoms with E-state index in [2.05, 4.69) is 10.2 Å². The van der Waals surface area contributed by atoms with Gasteiger partial charge in [-0.15, -0.1) is 10.2 Å². The molecule has 0 amide bonds. The highest BCUT2D eigenvalue weighted by Gasteiger charge is 2.09. The third kappa shape index (κ3) is 0.960. The Morgan fingerprint density at radius 1 is 1.45 bits per heavy atom. The van der Waals surface area contributed by atoms with Gasteiger partial charge in [0.1, 0.15) is 6.33 Å². The van der Waals surface area contributed by atoms with Crippen LogP contribution in [-0.4, -0.2) is 20.5 Å². The maximum absolute atomic E-state index is 7.55. The fourth-order valence-corrected chi connectivity index (χ4v) is 1.10. The molecule has 0 aromatic carbocycles. The number of nitrogens with one attached hydrogen (secondary N) is 1. The molecule has 1 aliphatic heterocycles. The Balaban J connectivity index is 2.49. The lowest BCUT2D eigenvalue weighted by Crippen LogP contribution is -2.05. The second-order valence-corrected chi connectivity index (χ2v) is 2.46. The molecule has 2 heterocycles. The van der Waals surface area contributed by atoms with E-state index in [-0.39, 0.29) is 0 Å². The summed E-state index contributed by atoms with van der Waals surface area (Å²) in [7, 11) is 0. The molecule has 0 fully saturated rings. The van der Waals surface area contributed by atoms with Gasteiger partial charge in [-0.1, -0.05) is 12.2 Å². The number of rotatable bonds is 0. The molecule has 1 N–H and O–H groups in total. The van der Waals surface area contributed by atoms with Crippen LogP contribution in [0.5, 0.6) is 0 Å². The molecule has 1 aliphatic rings. The molecule has 2 rings (SSSR count). The highest BCUT2D eigenvalue weighted by atomic mass is 15.3. The summed E-state index contributed by atoms with van der Waals surface area (Å²) in [5, 5.41) is 15.1. The first-order valence-electron chi connectivity index (χ1n) is 3.48. The van der Waals surface area contributed by atoms with Crippen molar-refractivity contribution in [1.29, 1.82) is 5.41 Å². The highest BCUT2D eigenvalue weighted by Crippen LogP contribution is 2.05. The topological polar surface area (TPSA) is 54.6 Å². The van der Waals surface area contributed by atoms with E-state index in [4.69, 9.17) is 5.41 Å². The van der Waals surface area contributed by atoms with E-state index in [9.17, 15) is 0 Å². The molecule has 1 aromatic rings. The van der Waals surface area contributed by atoms with Crippen molar-refractivity contribution in [3.05, 3.63) is 24.3 Å². The first-order chi connectivity index (χ1) is 5.38.